The number of rotatable bonds is 11. The van der Waals surface area contributed by atoms with Gasteiger partial charge >= 0.3 is 0 Å². The number of thiol groups is 1. The molecule has 0 bridgehead atoms. The Bertz CT molecular complexity index is 2440. The number of thiophene rings is 4. The zero-order valence-electron chi connectivity index (χ0n) is 43.6. The highest BCUT2D eigenvalue weighted by Crippen LogP contribution is 2.26. The number of aryl methyl sites for hydroxylation is 2. The van der Waals surface area contributed by atoms with Crippen LogP contribution >= 0.6 is 58.0 Å². The van der Waals surface area contributed by atoms with E-state index in [0.29, 0.717) is 0 Å². The third-order valence-corrected chi connectivity index (χ3v) is 12.9. The molecule has 0 aliphatic rings. The summed E-state index contributed by atoms with van der Waals surface area (Å²) in [5, 5.41) is 8.26. The van der Waals surface area contributed by atoms with Gasteiger partial charge in [-0.3, -0.25) is 0 Å². The lowest BCUT2D eigenvalue weighted by atomic mass is 10.1. The molecule has 6 nitrogen and oxygen atoms in total. The second-order valence-corrected chi connectivity index (χ2v) is 17.6. The fourth-order valence-corrected chi connectivity index (χ4v) is 8.96. The van der Waals surface area contributed by atoms with Gasteiger partial charge in [0.1, 0.15) is 5.76 Å². The molecule has 0 aliphatic heterocycles. The molecule has 10 aromatic heterocycles. The summed E-state index contributed by atoms with van der Waals surface area (Å²) in [5.74, 6) is 1.36. The van der Waals surface area contributed by atoms with Gasteiger partial charge in [0.15, 0.2) is 5.95 Å². The Morgan fingerprint density at radius 2 is 0.943 bits per heavy atom. The molecule has 0 amide bonds. The predicted molar refractivity (Wildman–Crippen MR) is 317 cm³/mol. The van der Waals surface area contributed by atoms with Crippen molar-refractivity contribution in [2.75, 3.05) is 0 Å². The Hall–Kier alpha value is -5.24. The van der Waals surface area contributed by atoms with E-state index in [2.05, 4.69) is 140 Å². The number of hydrogen-bond acceptors (Lipinski definition) is 6. The molecule has 0 unspecified atom stereocenters. The Balaban J connectivity index is 0.000000421. The predicted octanol–water partition coefficient (Wildman–Crippen LogP) is 21.4. The van der Waals surface area contributed by atoms with Crippen LogP contribution in [0, 0.1) is 12.9 Å². The number of halogens is 1. The van der Waals surface area contributed by atoms with Crippen molar-refractivity contribution in [1.82, 2.24) is 24.9 Å². The van der Waals surface area contributed by atoms with Crippen LogP contribution in [-0.2, 0) is 12.2 Å². The monoisotopic (exact) mass is 1040 g/mol. The lowest BCUT2D eigenvalue weighted by Crippen LogP contribution is -1.85. The van der Waals surface area contributed by atoms with Gasteiger partial charge in [-0.2, -0.15) is 17.0 Å². The molecule has 10 aromatic rings. The summed E-state index contributed by atoms with van der Waals surface area (Å²) < 4.78 is 17.6. The number of hydrogen-bond donors (Lipinski definition) is 6. The molecule has 0 aromatic carbocycles. The molecule has 10 heterocycles. The molecule has 0 aliphatic carbocycles. The molecule has 0 saturated heterocycles. The minimum absolute atomic E-state index is 0.284. The molecular weight excluding hydrogens is 962 g/mol. The van der Waals surface area contributed by atoms with Crippen LogP contribution in [0.1, 0.15) is 119 Å². The SMILES string of the molecule is CC.CC.CC.CC.CC.CCCCCCc1ccc(-c2cccs2)[nH]1.Cc1ccc(-c2cccs2)[nH]1.Fc1ccc(-c2cccs2)[nH]1.SCc1ccc(-c2cccs2)[nH]1.c1c[nH]c(-c2ccco2)c1. The standard InChI is InChI=1S/C14H19NS.C9H9NS2.C9H9NS.C8H6FNS.C8H7NO.5C2H6/c1-2-3-4-5-7-12-9-10-13(15-12)14-8-6-11-16-14;11-6-7-3-4-8(10-7)9-2-1-5-12-9;1-7-4-5-8(10-7)9-3-2-6-11-9;9-8-4-3-6(10-8)7-2-1-5-11-7;1-3-7(9-5-1)8-4-2-6-10-8;5*1-2/h6,8-11,15H,2-5,7H2,1H3;1-5,10-11H,6H2;2-6,10H,1H3;1-5,10H;1-6,9H;5*1-2H3. The topological polar surface area (TPSA) is 92.1 Å². The first-order chi connectivity index (χ1) is 34.5. The van der Waals surface area contributed by atoms with Crippen molar-refractivity contribution in [1.29, 1.82) is 0 Å². The molecule has 5 N–H and O–H groups in total. The van der Waals surface area contributed by atoms with E-state index >= 15 is 0 Å². The molecule has 12 heteroatoms. The second-order valence-electron chi connectivity index (χ2n) is 13.5. The maximum Gasteiger partial charge on any atom is 0.191 e. The molecule has 0 fully saturated rings. The molecule has 10 rings (SSSR count). The van der Waals surface area contributed by atoms with Crippen molar-refractivity contribution >= 4 is 58.0 Å². The van der Waals surface area contributed by atoms with E-state index < -0.39 is 0 Å². The van der Waals surface area contributed by atoms with Crippen LogP contribution in [0.3, 0.4) is 0 Å². The first kappa shape index (κ1) is 62.8. The van der Waals surface area contributed by atoms with Crippen molar-refractivity contribution in [3.8, 4) is 53.7 Å². The van der Waals surface area contributed by atoms with Gasteiger partial charge in [-0.1, -0.05) is 120 Å². The van der Waals surface area contributed by atoms with Crippen LogP contribution in [0.4, 0.5) is 4.39 Å². The second kappa shape index (κ2) is 40.5. The average molecular weight is 1040 g/mol. The number of aromatic amines is 5. The number of H-pyrrole nitrogens is 5. The van der Waals surface area contributed by atoms with E-state index in [1.807, 2.05) is 117 Å². The van der Waals surface area contributed by atoms with Gasteiger partial charge in [0.05, 0.1) is 54.2 Å². The highest BCUT2D eigenvalue weighted by atomic mass is 32.1. The number of nitrogens with one attached hydrogen (secondary N) is 5. The number of unbranched alkanes of at least 4 members (excludes halogenated alkanes) is 3. The Labute approximate surface area is 441 Å². The zero-order chi connectivity index (χ0) is 51.8. The molecule has 0 atom stereocenters. The lowest BCUT2D eigenvalue weighted by Gasteiger charge is -1.98. The van der Waals surface area contributed by atoms with Crippen molar-refractivity contribution in [2.24, 2.45) is 0 Å². The van der Waals surface area contributed by atoms with Crippen LogP contribution in [0.5, 0.6) is 0 Å². The van der Waals surface area contributed by atoms with Gasteiger partial charge in [-0.25, -0.2) is 0 Å². The molecule has 380 valence electrons. The summed E-state index contributed by atoms with van der Waals surface area (Å²) >= 11 is 11.1. The zero-order valence-corrected chi connectivity index (χ0v) is 47.8. The van der Waals surface area contributed by atoms with Crippen molar-refractivity contribution in [3.63, 3.8) is 0 Å². The largest absolute Gasteiger partial charge is 0.463 e. The first-order valence-corrected chi connectivity index (χ1v) is 28.9. The Morgan fingerprint density at radius 3 is 1.31 bits per heavy atom. The van der Waals surface area contributed by atoms with Crippen molar-refractivity contribution in [2.45, 2.75) is 121 Å². The summed E-state index contributed by atoms with van der Waals surface area (Å²) in [6, 6.07) is 40.2. The summed E-state index contributed by atoms with van der Waals surface area (Å²) in [6.07, 6.45) is 10.0. The summed E-state index contributed by atoms with van der Waals surface area (Å²) in [6.45, 7) is 24.3. The summed E-state index contributed by atoms with van der Waals surface area (Å²) in [4.78, 5) is 20.7. The van der Waals surface area contributed by atoms with Crippen molar-refractivity contribution < 1.29 is 8.81 Å². The van der Waals surface area contributed by atoms with Crippen LogP contribution < -0.4 is 0 Å². The maximum absolute atomic E-state index is 12.5. The Kier molecular flexibility index (Phi) is 36.3. The van der Waals surface area contributed by atoms with E-state index in [1.165, 1.54) is 87.0 Å². The minimum atomic E-state index is -0.284. The van der Waals surface area contributed by atoms with Gasteiger partial charge in [-0.15, -0.1) is 45.3 Å². The number of aromatic nitrogens is 5. The molecular formula is C58H80FN5OS5. The van der Waals surface area contributed by atoms with E-state index in [9.17, 15) is 4.39 Å². The highest BCUT2D eigenvalue weighted by molar-refractivity contribution is 7.79. The fourth-order valence-electron chi connectivity index (χ4n) is 5.95. The van der Waals surface area contributed by atoms with Crippen LogP contribution in [-0.4, -0.2) is 24.9 Å². The van der Waals surface area contributed by atoms with E-state index in [4.69, 9.17) is 4.42 Å². The first-order valence-electron chi connectivity index (χ1n) is 24.8. The Morgan fingerprint density at radius 1 is 0.471 bits per heavy atom. The average Bonchev–Trinajstić information content (AvgIpc) is 4.27. The molecule has 70 heavy (non-hydrogen) atoms. The van der Waals surface area contributed by atoms with Gasteiger partial charge < -0.3 is 29.3 Å². The van der Waals surface area contributed by atoms with Gasteiger partial charge in [0.25, 0.3) is 0 Å². The molecule has 0 spiro atoms. The van der Waals surface area contributed by atoms with E-state index in [-0.39, 0.29) is 5.95 Å². The molecule has 0 radical (unpaired) electrons. The van der Waals surface area contributed by atoms with E-state index in [0.717, 1.165) is 27.8 Å². The van der Waals surface area contributed by atoms with Gasteiger partial charge in [0.2, 0.25) is 0 Å². The van der Waals surface area contributed by atoms with Crippen molar-refractivity contribution in [3.05, 3.63) is 178 Å². The fraction of sp³-hybridized carbons (Fsp3) is 0.310. The molecule has 0 saturated carbocycles. The highest BCUT2D eigenvalue weighted by Gasteiger charge is 2.04. The maximum atomic E-state index is 12.5. The summed E-state index contributed by atoms with van der Waals surface area (Å²) in [7, 11) is 0. The van der Waals surface area contributed by atoms with Crippen LogP contribution in [0.15, 0.2) is 160 Å². The lowest BCUT2D eigenvalue weighted by molar-refractivity contribution is 0.580. The van der Waals surface area contributed by atoms with Crippen LogP contribution in [0.2, 0.25) is 0 Å². The third kappa shape index (κ3) is 23.6. The number of furan rings is 1. The van der Waals surface area contributed by atoms with Crippen LogP contribution in [0.25, 0.3) is 53.7 Å². The smallest absolute Gasteiger partial charge is 0.191 e. The minimum Gasteiger partial charge on any atom is -0.463 e. The quantitative estimate of drug-likeness (QED) is 0.0565. The third-order valence-electron chi connectivity index (χ3n) is 8.98. The normalized spacial score (nSPS) is 9.34. The van der Waals surface area contributed by atoms with Gasteiger partial charge in [0, 0.05) is 29.0 Å². The summed E-state index contributed by atoms with van der Waals surface area (Å²) in [5.41, 5.74) is 9.30. The van der Waals surface area contributed by atoms with E-state index in [1.54, 1.807) is 57.7 Å². The van der Waals surface area contributed by atoms with Gasteiger partial charge in [-0.05, 0) is 138 Å².